The van der Waals surface area contributed by atoms with Gasteiger partial charge < -0.3 is 15.4 Å². The van der Waals surface area contributed by atoms with E-state index in [-0.39, 0.29) is 22.7 Å². The van der Waals surface area contributed by atoms with Gasteiger partial charge in [0.25, 0.3) is 0 Å². The van der Waals surface area contributed by atoms with E-state index in [0.717, 1.165) is 24.3 Å². The fourth-order valence-electron chi connectivity index (χ4n) is 4.43. The number of nitriles is 1. The first-order chi connectivity index (χ1) is 12.9. The molecule has 1 aliphatic carbocycles. The number of allylic oxidation sites excluding steroid dienone is 3. The molecule has 1 aromatic carbocycles. The van der Waals surface area contributed by atoms with Gasteiger partial charge in [-0.2, -0.15) is 5.26 Å². The molecule has 1 fully saturated rings. The molecular formula is C22H25N3O2. The Hall–Kier alpha value is -2.74. The first-order valence-electron chi connectivity index (χ1n) is 9.58. The Morgan fingerprint density at radius 2 is 1.85 bits per heavy atom. The topological polar surface area (TPSA) is 79.4 Å². The Morgan fingerprint density at radius 1 is 1.19 bits per heavy atom. The minimum Gasteiger partial charge on any atom is -0.444 e. The van der Waals surface area contributed by atoms with Gasteiger partial charge in [0.05, 0.1) is 5.92 Å². The van der Waals surface area contributed by atoms with Crippen LogP contribution in [0.3, 0.4) is 0 Å². The summed E-state index contributed by atoms with van der Waals surface area (Å²) in [6, 6.07) is 10.1. The zero-order chi connectivity index (χ0) is 19.2. The van der Waals surface area contributed by atoms with Crippen molar-refractivity contribution in [3.05, 3.63) is 52.6 Å². The van der Waals surface area contributed by atoms with Crippen molar-refractivity contribution < 1.29 is 9.53 Å². The van der Waals surface area contributed by atoms with E-state index in [2.05, 4.69) is 24.8 Å². The van der Waals surface area contributed by atoms with Crippen molar-refractivity contribution in [3.8, 4) is 6.07 Å². The normalized spacial score (nSPS) is 24.6. The molecule has 4 rings (SSSR count). The number of hydrogen-bond acceptors (Lipinski definition) is 5. The number of carbonyl (C=O) groups excluding carboxylic acids is 1. The molecule has 0 saturated carbocycles. The molecule has 1 saturated heterocycles. The van der Waals surface area contributed by atoms with Gasteiger partial charge in [-0.3, -0.25) is 4.79 Å². The van der Waals surface area contributed by atoms with E-state index in [1.54, 1.807) is 0 Å². The molecule has 2 aliphatic heterocycles. The van der Waals surface area contributed by atoms with E-state index >= 15 is 0 Å². The molecule has 0 amide bonds. The van der Waals surface area contributed by atoms with Gasteiger partial charge in [-0.15, -0.1) is 0 Å². The highest BCUT2D eigenvalue weighted by Crippen LogP contribution is 2.47. The first-order valence-corrected chi connectivity index (χ1v) is 9.58. The van der Waals surface area contributed by atoms with E-state index in [1.165, 1.54) is 12.8 Å². The van der Waals surface area contributed by atoms with Gasteiger partial charge in [-0.1, -0.05) is 26.0 Å². The van der Waals surface area contributed by atoms with E-state index < -0.39 is 5.92 Å². The monoisotopic (exact) mass is 363 g/mol. The molecule has 0 aromatic heterocycles. The predicted molar refractivity (Wildman–Crippen MR) is 104 cm³/mol. The standard InChI is InChI=1S/C22H25N3O2/c1-22(2)11-16-18(12-22)27-21(24)17(13-23)19(20(16)26)14-5-7-15(8-6-14)25-9-3-4-10-25/h5-8,19H,3-4,9-12,24H2,1-2H3. The van der Waals surface area contributed by atoms with Crippen LogP contribution in [-0.4, -0.2) is 18.9 Å². The van der Waals surface area contributed by atoms with Gasteiger partial charge in [0.1, 0.15) is 17.4 Å². The fourth-order valence-corrected chi connectivity index (χ4v) is 4.43. The summed E-state index contributed by atoms with van der Waals surface area (Å²) < 4.78 is 5.79. The molecule has 1 unspecified atom stereocenters. The SMILES string of the molecule is CC1(C)CC2=C(C1)C(=O)C(c1ccc(N3CCCC3)cc1)C(C#N)=C(N)O2. The molecule has 2 N–H and O–H groups in total. The third-order valence-corrected chi connectivity index (χ3v) is 5.80. The van der Waals surface area contributed by atoms with Crippen molar-refractivity contribution in [3.63, 3.8) is 0 Å². The average molecular weight is 363 g/mol. The highest BCUT2D eigenvalue weighted by atomic mass is 16.5. The molecule has 0 bridgehead atoms. The minimum atomic E-state index is -0.691. The number of Topliss-reactive ketones (excluding diaryl/α,β-unsaturated/α-hetero) is 1. The number of hydrogen-bond donors (Lipinski definition) is 1. The molecule has 1 aromatic rings. The van der Waals surface area contributed by atoms with Crippen molar-refractivity contribution >= 4 is 11.5 Å². The fraction of sp³-hybridized carbons (Fsp3) is 0.455. The predicted octanol–water partition coefficient (Wildman–Crippen LogP) is 3.74. The molecule has 1 atom stereocenters. The van der Waals surface area contributed by atoms with E-state index in [4.69, 9.17) is 10.5 Å². The number of ketones is 1. The Bertz CT molecular complexity index is 881. The molecule has 27 heavy (non-hydrogen) atoms. The lowest BCUT2D eigenvalue weighted by Gasteiger charge is -2.21. The molecule has 5 heteroatoms. The maximum Gasteiger partial charge on any atom is 0.205 e. The second-order valence-electron chi connectivity index (χ2n) is 8.49. The number of anilines is 1. The van der Waals surface area contributed by atoms with Crippen LogP contribution in [0.15, 0.2) is 47.1 Å². The minimum absolute atomic E-state index is 0.0328. The van der Waals surface area contributed by atoms with E-state index in [9.17, 15) is 10.1 Å². The Balaban J connectivity index is 1.72. The third kappa shape index (κ3) is 3.10. The van der Waals surface area contributed by atoms with Crippen LogP contribution in [0.4, 0.5) is 5.69 Å². The number of nitrogens with zero attached hydrogens (tertiary/aromatic N) is 2. The van der Waals surface area contributed by atoms with Gasteiger partial charge in [0.2, 0.25) is 5.88 Å². The van der Waals surface area contributed by atoms with Crippen molar-refractivity contribution in [2.75, 3.05) is 18.0 Å². The summed E-state index contributed by atoms with van der Waals surface area (Å²) in [6.07, 6.45) is 3.74. The summed E-state index contributed by atoms with van der Waals surface area (Å²) in [5.74, 6) is -0.0564. The summed E-state index contributed by atoms with van der Waals surface area (Å²) >= 11 is 0. The number of rotatable bonds is 2. The van der Waals surface area contributed by atoms with Crippen LogP contribution in [0.1, 0.15) is 51.0 Å². The smallest absolute Gasteiger partial charge is 0.205 e. The molecule has 3 aliphatic rings. The van der Waals surface area contributed by atoms with Crippen LogP contribution in [0.25, 0.3) is 0 Å². The molecule has 140 valence electrons. The zero-order valence-electron chi connectivity index (χ0n) is 15.9. The second kappa shape index (κ2) is 6.45. The lowest BCUT2D eigenvalue weighted by atomic mass is 9.82. The van der Waals surface area contributed by atoms with Crippen molar-refractivity contribution in [2.45, 2.75) is 45.4 Å². The lowest BCUT2D eigenvalue weighted by molar-refractivity contribution is -0.116. The summed E-state index contributed by atoms with van der Waals surface area (Å²) in [7, 11) is 0. The second-order valence-corrected chi connectivity index (χ2v) is 8.49. The molecule has 0 spiro atoms. The molecule has 5 nitrogen and oxygen atoms in total. The van der Waals surface area contributed by atoms with Crippen LogP contribution in [0.5, 0.6) is 0 Å². The van der Waals surface area contributed by atoms with Crippen molar-refractivity contribution in [1.82, 2.24) is 0 Å². The summed E-state index contributed by atoms with van der Waals surface area (Å²) in [5, 5.41) is 9.68. The van der Waals surface area contributed by atoms with Crippen LogP contribution >= 0.6 is 0 Å². The third-order valence-electron chi connectivity index (χ3n) is 5.80. The van der Waals surface area contributed by atoms with Crippen LogP contribution < -0.4 is 10.6 Å². The number of nitrogens with two attached hydrogens (primary N) is 1. The quantitative estimate of drug-likeness (QED) is 0.866. The van der Waals surface area contributed by atoms with Gasteiger partial charge in [0, 0.05) is 30.8 Å². The average Bonchev–Trinajstić information content (AvgIpc) is 3.25. The molecule has 0 radical (unpaired) electrons. The van der Waals surface area contributed by atoms with Gasteiger partial charge in [-0.25, -0.2) is 0 Å². The van der Waals surface area contributed by atoms with Crippen LogP contribution in [0, 0.1) is 16.7 Å². The van der Waals surface area contributed by atoms with Gasteiger partial charge in [-0.05, 0) is 42.4 Å². The Kier molecular flexibility index (Phi) is 4.22. The highest BCUT2D eigenvalue weighted by molar-refractivity contribution is 6.04. The Morgan fingerprint density at radius 3 is 2.48 bits per heavy atom. The van der Waals surface area contributed by atoms with Gasteiger partial charge in [0.15, 0.2) is 5.78 Å². The summed E-state index contributed by atoms with van der Waals surface area (Å²) in [4.78, 5) is 15.7. The van der Waals surface area contributed by atoms with Crippen molar-refractivity contribution in [1.29, 1.82) is 5.26 Å². The van der Waals surface area contributed by atoms with E-state index in [1.807, 2.05) is 24.3 Å². The molecular weight excluding hydrogens is 338 g/mol. The molecule has 2 heterocycles. The lowest BCUT2D eigenvalue weighted by Crippen LogP contribution is -2.20. The number of carbonyl (C=O) groups is 1. The van der Waals surface area contributed by atoms with Crippen molar-refractivity contribution in [2.24, 2.45) is 11.1 Å². The highest BCUT2D eigenvalue weighted by Gasteiger charge is 2.42. The van der Waals surface area contributed by atoms with Gasteiger partial charge >= 0.3 is 0 Å². The van der Waals surface area contributed by atoms with Crippen LogP contribution in [-0.2, 0) is 9.53 Å². The van der Waals surface area contributed by atoms with Crippen LogP contribution in [0.2, 0.25) is 0 Å². The number of benzene rings is 1. The maximum atomic E-state index is 13.4. The first kappa shape index (κ1) is 17.7. The zero-order valence-corrected chi connectivity index (χ0v) is 15.9. The van der Waals surface area contributed by atoms with E-state index in [0.29, 0.717) is 24.2 Å². The maximum absolute atomic E-state index is 13.4. The number of ether oxygens (including phenoxy) is 1. The largest absolute Gasteiger partial charge is 0.444 e. The Labute approximate surface area is 160 Å². The summed E-state index contributed by atoms with van der Waals surface area (Å²) in [6.45, 7) is 6.36. The summed E-state index contributed by atoms with van der Waals surface area (Å²) in [5.41, 5.74) is 8.91.